The predicted molar refractivity (Wildman–Crippen MR) is 101 cm³/mol. The van der Waals surface area contributed by atoms with Gasteiger partial charge >= 0.3 is 0 Å². The van der Waals surface area contributed by atoms with Crippen molar-refractivity contribution < 1.29 is 4.74 Å². The van der Waals surface area contributed by atoms with Gasteiger partial charge in [-0.05, 0) is 44.8 Å². The predicted octanol–water partition coefficient (Wildman–Crippen LogP) is 2.87. The van der Waals surface area contributed by atoms with Gasteiger partial charge in [0.1, 0.15) is 0 Å². The number of ether oxygens (including phenoxy) is 1. The Morgan fingerprint density at radius 3 is 2.70 bits per heavy atom. The molecule has 4 nitrogen and oxygen atoms in total. The number of aliphatic imine (C=N–C) groups is 1. The summed E-state index contributed by atoms with van der Waals surface area (Å²) in [6, 6.07) is 0.595. The maximum atomic E-state index is 5.04. The number of hydrogen-bond acceptors (Lipinski definition) is 3. The lowest BCUT2D eigenvalue weighted by Crippen LogP contribution is -2.42. The first-order valence-electron chi connectivity index (χ1n) is 7.29. The molecule has 1 saturated carbocycles. The normalized spacial score (nSPS) is 22.4. The molecule has 1 rings (SSSR count). The number of guanidine groups is 1. The molecule has 0 aromatic heterocycles. The lowest BCUT2D eigenvalue weighted by atomic mass is 10.2. The topological polar surface area (TPSA) is 45.7 Å². The van der Waals surface area contributed by atoms with Crippen molar-refractivity contribution in [1.82, 2.24) is 10.6 Å². The van der Waals surface area contributed by atoms with E-state index in [1.165, 1.54) is 32.1 Å². The van der Waals surface area contributed by atoms with E-state index >= 15 is 0 Å². The number of nitrogens with one attached hydrogen (secondary N) is 2. The van der Waals surface area contributed by atoms with Crippen LogP contribution >= 0.6 is 35.7 Å². The molecule has 0 amide bonds. The molecule has 2 unspecified atom stereocenters. The Bertz CT molecular complexity index is 267. The van der Waals surface area contributed by atoms with Crippen LogP contribution in [0.25, 0.3) is 0 Å². The smallest absolute Gasteiger partial charge is 0.191 e. The van der Waals surface area contributed by atoms with Crippen molar-refractivity contribution in [3.63, 3.8) is 0 Å². The van der Waals surface area contributed by atoms with E-state index in [1.807, 2.05) is 18.8 Å². The fourth-order valence-corrected chi connectivity index (χ4v) is 3.22. The fourth-order valence-electron chi connectivity index (χ4n) is 2.43. The monoisotopic (exact) mass is 415 g/mol. The van der Waals surface area contributed by atoms with Crippen LogP contribution < -0.4 is 10.6 Å². The largest absolute Gasteiger partial charge is 0.385 e. The number of nitrogens with zero attached hydrogens (tertiary/aromatic N) is 1. The maximum absolute atomic E-state index is 5.04. The fraction of sp³-hybridized carbons (Fsp3) is 0.929. The van der Waals surface area contributed by atoms with E-state index in [0.717, 1.165) is 30.8 Å². The highest BCUT2D eigenvalue weighted by Crippen LogP contribution is 2.27. The van der Waals surface area contributed by atoms with Crippen molar-refractivity contribution in [1.29, 1.82) is 0 Å². The number of thioether (sulfide) groups is 1. The van der Waals surface area contributed by atoms with E-state index in [9.17, 15) is 0 Å². The van der Waals surface area contributed by atoms with Crippen LogP contribution in [0.3, 0.4) is 0 Å². The van der Waals surface area contributed by atoms with Gasteiger partial charge in [-0.1, -0.05) is 0 Å². The van der Waals surface area contributed by atoms with E-state index in [1.54, 1.807) is 7.11 Å². The summed E-state index contributed by atoms with van der Waals surface area (Å²) < 4.78 is 5.04. The molecule has 0 aromatic carbocycles. The van der Waals surface area contributed by atoms with Crippen LogP contribution in [-0.4, -0.2) is 50.8 Å². The third kappa shape index (κ3) is 8.56. The maximum Gasteiger partial charge on any atom is 0.191 e. The van der Waals surface area contributed by atoms with Gasteiger partial charge in [-0.3, -0.25) is 4.99 Å². The average Bonchev–Trinajstić information content (AvgIpc) is 2.89. The molecule has 0 heterocycles. The van der Waals surface area contributed by atoms with Gasteiger partial charge in [-0.25, -0.2) is 0 Å². The molecule has 20 heavy (non-hydrogen) atoms. The zero-order valence-corrected chi connectivity index (χ0v) is 16.1. The lowest BCUT2D eigenvalue weighted by molar-refractivity contribution is 0.192. The van der Waals surface area contributed by atoms with E-state index in [4.69, 9.17) is 4.74 Å². The van der Waals surface area contributed by atoms with Crippen molar-refractivity contribution >= 4 is 41.7 Å². The van der Waals surface area contributed by atoms with E-state index < -0.39 is 0 Å². The summed E-state index contributed by atoms with van der Waals surface area (Å²) in [5.41, 5.74) is 0. The van der Waals surface area contributed by atoms with Crippen LogP contribution in [0, 0.1) is 0 Å². The quantitative estimate of drug-likeness (QED) is 0.277. The Morgan fingerprint density at radius 2 is 2.10 bits per heavy atom. The highest BCUT2D eigenvalue weighted by Gasteiger charge is 2.24. The molecule has 0 radical (unpaired) electrons. The van der Waals surface area contributed by atoms with Crippen LogP contribution in [0.1, 0.15) is 38.5 Å². The van der Waals surface area contributed by atoms with Crippen LogP contribution in [0.2, 0.25) is 0 Å². The lowest BCUT2D eigenvalue weighted by Gasteiger charge is -2.17. The first-order valence-corrected chi connectivity index (χ1v) is 8.57. The summed E-state index contributed by atoms with van der Waals surface area (Å²) in [6.45, 7) is 1.85. The van der Waals surface area contributed by atoms with Crippen molar-refractivity contribution in [2.24, 2.45) is 4.99 Å². The average molecular weight is 415 g/mol. The van der Waals surface area contributed by atoms with Crippen LogP contribution in [0.15, 0.2) is 4.99 Å². The Balaban J connectivity index is 0.00000361. The van der Waals surface area contributed by atoms with Gasteiger partial charge in [0.15, 0.2) is 5.96 Å². The third-order valence-corrected chi connectivity index (χ3v) is 4.69. The van der Waals surface area contributed by atoms with Crippen molar-refractivity contribution in [2.45, 2.75) is 49.8 Å². The third-order valence-electron chi connectivity index (χ3n) is 3.60. The summed E-state index contributed by atoms with van der Waals surface area (Å²) >= 11 is 1.99. The second-order valence-corrected chi connectivity index (χ2v) is 6.20. The van der Waals surface area contributed by atoms with Crippen LogP contribution in [-0.2, 0) is 4.74 Å². The highest BCUT2D eigenvalue weighted by atomic mass is 127. The molecule has 6 heteroatoms. The van der Waals surface area contributed by atoms with Gasteiger partial charge in [0.25, 0.3) is 0 Å². The summed E-state index contributed by atoms with van der Waals surface area (Å²) in [5, 5.41) is 7.75. The number of methoxy groups -OCH3 is 1. The first-order chi connectivity index (χ1) is 9.30. The van der Waals surface area contributed by atoms with Gasteiger partial charge in [-0.15, -0.1) is 24.0 Å². The van der Waals surface area contributed by atoms with Crippen molar-refractivity contribution in [3.05, 3.63) is 0 Å². The van der Waals surface area contributed by atoms with Gasteiger partial charge in [0.2, 0.25) is 0 Å². The SMILES string of the molecule is CN=C(NCCCCCOC)NC1CCC(SC)C1.I. The zero-order valence-electron chi connectivity index (χ0n) is 13.0. The Morgan fingerprint density at radius 1 is 1.30 bits per heavy atom. The van der Waals surface area contributed by atoms with Gasteiger partial charge in [-0.2, -0.15) is 11.8 Å². The summed E-state index contributed by atoms with van der Waals surface area (Å²) in [6.07, 6.45) is 9.57. The van der Waals surface area contributed by atoms with Gasteiger partial charge in [0, 0.05) is 38.6 Å². The molecule has 1 aliphatic rings. The minimum atomic E-state index is 0. The summed E-state index contributed by atoms with van der Waals surface area (Å²) in [7, 11) is 3.61. The van der Waals surface area contributed by atoms with Gasteiger partial charge in [0.05, 0.1) is 0 Å². The van der Waals surface area contributed by atoms with Crippen molar-refractivity contribution in [3.8, 4) is 0 Å². The number of unbranched alkanes of at least 4 members (excludes halogenated alkanes) is 2. The molecular weight excluding hydrogens is 385 g/mol. The second kappa shape index (κ2) is 13.0. The second-order valence-electron chi connectivity index (χ2n) is 5.06. The molecule has 0 aliphatic heterocycles. The molecule has 0 saturated heterocycles. The minimum absolute atomic E-state index is 0. The molecule has 120 valence electrons. The molecule has 1 aliphatic carbocycles. The number of halogens is 1. The van der Waals surface area contributed by atoms with E-state index in [0.29, 0.717) is 6.04 Å². The molecule has 1 fully saturated rings. The minimum Gasteiger partial charge on any atom is -0.385 e. The molecule has 0 bridgehead atoms. The summed E-state index contributed by atoms with van der Waals surface area (Å²) in [4.78, 5) is 4.30. The Labute approximate surface area is 145 Å². The van der Waals surface area contributed by atoms with E-state index in [-0.39, 0.29) is 24.0 Å². The Hall–Kier alpha value is 0.310. The molecule has 2 N–H and O–H groups in total. The molecule has 0 aromatic rings. The first kappa shape index (κ1) is 20.3. The Kier molecular flexibility index (Phi) is 13.2. The standard InChI is InChI=1S/C14H29N3OS.HI/c1-15-14(16-9-5-4-6-10-18-2)17-12-7-8-13(11-12)19-3;/h12-13H,4-11H2,1-3H3,(H2,15,16,17);1H. The van der Waals surface area contributed by atoms with Crippen LogP contribution in [0.4, 0.5) is 0 Å². The number of rotatable bonds is 8. The zero-order chi connectivity index (χ0) is 13.9. The molecular formula is C14H30IN3OS. The van der Waals surface area contributed by atoms with E-state index in [2.05, 4.69) is 21.9 Å². The number of hydrogen-bond donors (Lipinski definition) is 2. The molecule has 2 atom stereocenters. The van der Waals surface area contributed by atoms with Crippen LogP contribution in [0.5, 0.6) is 0 Å². The molecule has 0 spiro atoms. The highest BCUT2D eigenvalue weighted by molar-refractivity contribution is 14.0. The van der Waals surface area contributed by atoms with Crippen molar-refractivity contribution in [2.75, 3.05) is 33.6 Å². The summed E-state index contributed by atoms with van der Waals surface area (Å²) in [5.74, 6) is 0.957. The van der Waals surface area contributed by atoms with Gasteiger partial charge < -0.3 is 15.4 Å².